The Morgan fingerprint density at radius 1 is 0.969 bits per heavy atom. The van der Waals surface area contributed by atoms with Crippen LogP contribution in [0.15, 0.2) is 77.3 Å². The maximum absolute atomic E-state index is 11.6. The van der Waals surface area contributed by atoms with Crippen LogP contribution in [0.1, 0.15) is 32.7 Å². The van der Waals surface area contributed by atoms with Gasteiger partial charge in [0.2, 0.25) is 0 Å². The molecule has 1 aromatic heterocycles. The van der Waals surface area contributed by atoms with Crippen molar-refractivity contribution >= 4 is 32.7 Å². The van der Waals surface area contributed by atoms with Crippen molar-refractivity contribution in [3.63, 3.8) is 0 Å². The summed E-state index contributed by atoms with van der Waals surface area (Å²) in [5.74, 6) is -0.497. The summed E-state index contributed by atoms with van der Waals surface area (Å²) in [7, 11) is 0. The number of amides is 1. The lowest BCUT2D eigenvalue weighted by Crippen LogP contribution is -2.30. The van der Waals surface area contributed by atoms with E-state index in [9.17, 15) is 4.79 Å². The molecule has 0 bridgehead atoms. The van der Waals surface area contributed by atoms with Crippen LogP contribution in [0.3, 0.4) is 0 Å². The predicted octanol–water partition coefficient (Wildman–Crippen LogP) is 5.13. The minimum Gasteiger partial charge on any atom is -0.340 e. The van der Waals surface area contributed by atoms with Crippen LogP contribution < -0.4 is 5.48 Å². The summed E-state index contributed by atoms with van der Waals surface area (Å²) in [5.41, 5.74) is 8.61. The van der Waals surface area contributed by atoms with Gasteiger partial charge in [0.05, 0.1) is 0 Å². The Balaban J connectivity index is 1.48. The molecule has 1 amide bonds. The first-order valence-electron chi connectivity index (χ1n) is 10.7. The third kappa shape index (κ3) is 4.09. The summed E-state index contributed by atoms with van der Waals surface area (Å²) in [5, 5.41) is 10.1. The van der Waals surface area contributed by atoms with Crippen molar-refractivity contribution < 1.29 is 10.0 Å². The predicted molar refractivity (Wildman–Crippen MR) is 129 cm³/mol. The van der Waals surface area contributed by atoms with E-state index >= 15 is 0 Å². The Morgan fingerprint density at radius 3 is 2.47 bits per heavy atom. The molecule has 162 valence electrons. The van der Waals surface area contributed by atoms with Crippen LogP contribution in [0.25, 0.3) is 10.9 Å². The molecule has 5 nitrogen and oxygen atoms in total. The molecule has 0 unspecified atom stereocenters. The van der Waals surface area contributed by atoms with Gasteiger partial charge in [-0.2, -0.15) is 0 Å². The van der Waals surface area contributed by atoms with Gasteiger partial charge in [0.15, 0.2) is 0 Å². The fourth-order valence-corrected chi connectivity index (χ4v) is 5.00. The molecule has 1 aliphatic rings. The highest BCUT2D eigenvalue weighted by Gasteiger charge is 2.24. The average molecular weight is 490 g/mol. The third-order valence-electron chi connectivity index (χ3n) is 6.20. The van der Waals surface area contributed by atoms with E-state index in [4.69, 9.17) is 5.21 Å². The second kappa shape index (κ2) is 8.90. The Labute approximate surface area is 195 Å². The van der Waals surface area contributed by atoms with E-state index in [1.807, 2.05) is 12.1 Å². The molecule has 5 rings (SSSR count). The molecule has 32 heavy (non-hydrogen) atoms. The summed E-state index contributed by atoms with van der Waals surface area (Å²) in [6.45, 7) is 3.65. The zero-order chi connectivity index (χ0) is 22.1. The van der Waals surface area contributed by atoms with Crippen molar-refractivity contribution in [3.8, 4) is 0 Å². The molecule has 0 aliphatic carbocycles. The van der Waals surface area contributed by atoms with Gasteiger partial charge in [-0.25, -0.2) is 5.48 Å². The molecule has 0 saturated carbocycles. The summed E-state index contributed by atoms with van der Waals surface area (Å²) in [4.78, 5) is 14.1. The van der Waals surface area contributed by atoms with Crippen molar-refractivity contribution in [1.82, 2.24) is 14.9 Å². The number of carbonyl (C=O) groups excluding carboxylic acids is 1. The topological polar surface area (TPSA) is 57.5 Å². The minimum atomic E-state index is -0.497. The van der Waals surface area contributed by atoms with Gasteiger partial charge in [0.25, 0.3) is 5.91 Å². The van der Waals surface area contributed by atoms with E-state index in [1.54, 1.807) is 17.6 Å². The molecule has 6 heteroatoms. The molecular weight excluding hydrogens is 466 g/mol. The summed E-state index contributed by atoms with van der Waals surface area (Å²) >= 11 is 3.65. The van der Waals surface area contributed by atoms with Crippen LogP contribution >= 0.6 is 15.9 Å². The number of hydrogen-bond donors (Lipinski definition) is 2. The highest BCUT2D eigenvalue weighted by molar-refractivity contribution is 9.10. The fraction of sp³-hybridized carbons (Fsp3) is 0.192. The monoisotopic (exact) mass is 489 g/mol. The van der Waals surface area contributed by atoms with Gasteiger partial charge in [-0.05, 0) is 47.0 Å². The van der Waals surface area contributed by atoms with Gasteiger partial charge in [-0.1, -0.05) is 58.4 Å². The summed E-state index contributed by atoms with van der Waals surface area (Å²) in [6.07, 6.45) is 0.999. The van der Waals surface area contributed by atoms with E-state index in [-0.39, 0.29) is 0 Å². The maximum Gasteiger partial charge on any atom is 0.274 e. The molecule has 0 fully saturated rings. The van der Waals surface area contributed by atoms with E-state index in [1.165, 1.54) is 27.7 Å². The molecule has 2 heterocycles. The van der Waals surface area contributed by atoms with Gasteiger partial charge in [-0.3, -0.25) is 14.9 Å². The highest BCUT2D eigenvalue weighted by atomic mass is 79.9. The van der Waals surface area contributed by atoms with Gasteiger partial charge >= 0.3 is 0 Å². The number of fused-ring (bicyclic) bond motifs is 3. The summed E-state index contributed by atoms with van der Waals surface area (Å²) < 4.78 is 3.50. The maximum atomic E-state index is 11.6. The minimum absolute atomic E-state index is 0.441. The van der Waals surface area contributed by atoms with Crippen molar-refractivity contribution in [2.75, 3.05) is 6.54 Å². The quantitative estimate of drug-likeness (QED) is 0.301. The molecule has 0 saturated heterocycles. The molecule has 3 aromatic carbocycles. The molecule has 0 spiro atoms. The Morgan fingerprint density at radius 2 is 1.72 bits per heavy atom. The number of aromatic nitrogens is 1. The number of carbonyl (C=O) groups is 1. The largest absolute Gasteiger partial charge is 0.340 e. The SMILES string of the molecule is O=C(NO)c1ccc(Cn2c3c(c4cc(Br)ccc42)CN(Cc2ccccc2)CC3)cc1. The highest BCUT2D eigenvalue weighted by Crippen LogP contribution is 2.34. The average Bonchev–Trinajstić information content (AvgIpc) is 3.12. The second-order valence-electron chi connectivity index (χ2n) is 8.26. The Kier molecular flexibility index (Phi) is 5.83. The normalized spacial score (nSPS) is 13.8. The first kappa shape index (κ1) is 20.9. The standard InChI is InChI=1S/C26H24BrN3O2/c27-21-10-11-24-22(14-21)23-17-29(15-18-4-2-1-3-5-18)13-12-25(23)30(24)16-19-6-8-20(9-7-19)26(31)28-32/h1-11,14,32H,12-13,15-17H2,(H,28,31). The van der Waals surface area contributed by atoms with Crippen LogP contribution in [0.5, 0.6) is 0 Å². The summed E-state index contributed by atoms with van der Waals surface area (Å²) in [6, 6.07) is 24.6. The number of benzene rings is 3. The smallest absolute Gasteiger partial charge is 0.274 e. The molecular formula is C26H24BrN3O2. The van der Waals surface area contributed by atoms with Crippen LogP contribution in [-0.4, -0.2) is 27.1 Å². The molecule has 0 radical (unpaired) electrons. The van der Waals surface area contributed by atoms with Crippen molar-refractivity contribution in [1.29, 1.82) is 0 Å². The van der Waals surface area contributed by atoms with Crippen molar-refractivity contribution in [2.45, 2.75) is 26.1 Å². The van der Waals surface area contributed by atoms with E-state index in [0.29, 0.717) is 5.56 Å². The van der Waals surface area contributed by atoms with Gasteiger partial charge in [0.1, 0.15) is 0 Å². The van der Waals surface area contributed by atoms with E-state index in [0.717, 1.165) is 42.6 Å². The molecule has 1 aliphatic heterocycles. The number of nitrogens with one attached hydrogen (secondary N) is 1. The Bertz CT molecular complexity index is 1270. The lowest BCUT2D eigenvalue weighted by molar-refractivity contribution is 0.0706. The second-order valence-corrected chi connectivity index (χ2v) is 9.17. The van der Waals surface area contributed by atoms with Crippen molar-refractivity contribution in [3.05, 3.63) is 105 Å². The van der Waals surface area contributed by atoms with Crippen LogP contribution in [0.4, 0.5) is 0 Å². The van der Waals surface area contributed by atoms with E-state index < -0.39 is 5.91 Å². The number of rotatable bonds is 5. The number of hydroxylamine groups is 1. The fourth-order valence-electron chi connectivity index (χ4n) is 4.64. The molecule has 2 N–H and O–H groups in total. The first-order valence-corrected chi connectivity index (χ1v) is 11.5. The molecule has 4 aromatic rings. The lowest BCUT2D eigenvalue weighted by Gasteiger charge is -2.28. The zero-order valence-corrected chi connectivity index (χ0v) is 19.2. The van der Waals surface area contributed by atoms with E-state index in [2.05, 4.69) is 73.9 Å². The number of halogens is 1. The first-order chi connectivity index (χ1) is 15.6. The Hall–Kier alpha value is -2.93. The zero-order valence-electron chi connectivity index (χ0n) is 17.6. The van der Waals surface area contributed by atoms with Gasteiger partial charge in [0, 0.05) is 59.2 Å². The van der Waals surface area contributed by atoms with Crippen LogP contribution in [-0.2, 0) is 26.1 Å². The van der Waals surface area contributed by atoms with Crippen LogP contribution in [0.2, 0.25) is 0 Å². The van der Waals surface area contributed by atoms with Gasteiger partial charge in [-0.15, -0.1) is 0 Å². The van der Waals surface area contributed by atoms with Crippen LogP contribution in [0, 0.1) is 0 Å². The van der Waals surface area contributed by atoms with Gasteiger partial charge < -0.3 is 4.57 Å². The third-order valence-corrected chi connectivity index (χ3v) is 6.70. The number of hydrogen-bond acceptors (Lipinski definition) is 3. The number of nitrogens with zero attached hydrogens (tertiary/aromatic N) is 2. The molecule has 0 atom stereocenters. The lowest BCUT2D eigenvalue weighted by atomic mass is 10.0. The van der Waals surface area contributed by atoms with Crippen molar-refractivity contribution in [2.24, 2.45) is 0 Å².